The van der Waals surface area contributed by atoms with Gasteiger partial charge in [-0.2, -0.15) is 0 Å². The fourth-order valence-electron chi connectivity index (χ4n) is 3.17. The van der Waals surface area contributed by atoms with Crippen LogP contribution < -0.4 is 10.2 Å². The highest BCUT2D eigenvalue weighted by Crippen LogP contribution is 2.28. The second-order valence-electron chi connectivity index (χ2n) is 6.53. The number of hydrogen-bond acceptors (Lipinski definition) is 4. The minimum absolute atomic E-state index is 0.0968. The fraction of sp³-hybridized carbons (Fsp3) is 0.190. The van der Waals surface area contributed by atoms with Crippen molar-refractivity contribution >= 4 is 23.2 Å². The van der Waals surface area contributed by atoms with Crippen molar-refractivity contribution in [3.63, 3.8) is 0 Å². The lowest BCUT2D eigenvalue weighted by molar-refractivity contribution is 0.0984. The number of benzene rings is 2. The van der Waals surface area contributed by atoms with Gasteiger partial charge in [0.15, 0.2) is 0 Å². The maximum absolute atomic E-state index is 12.9. The molecule has 0 bridgehead atoms. The van der Waals surface area contributed by atoms with Gasteiger partial charge in [0.1, 0.15) is 5.69 Å². The van der Waals surface area contributed by atoms with E-state index in [1.54, 1.807) is 17.2 Å². The van der Waals surface area contributed by atoms with Crippen LogP contribution in [0, 0.1) is 13.8 Å². The van der Waals surface area contributed by atoms with Crippen molar-refractivity contribution in [2.75, 3.05) is 16.8 Å². The first kappa shape index (κ1) is 16.3. The molecule has 1 aromatic heterocycles. The normalized spacial score (nSPS) is 12.8. The van der Waals surface area contributed by atoms with Crippen molar-refractivity contribution in [1.82, 2.24) is 9.97 Å². The first-order chi connectivity index (χ1) is 12.6. The predicted molar refractivity (Wildman–Crippen MR) is 103 cm³/mol. The van der Waals surface area contributed by atoms with Crippen LogP contribution in [0.15, 0.2) is 54.7 Å². The maximum Gasteiger partial charge on any atom is 0.277 e. The van der Waals surface area contributed by atoms with E-state index in [1.807, 2.05) is 36.4 Å². The van der Waals surface area contributed by atoms with Crippen molar-refractivity contribution in [3.8, 4) is 0 Å². The molecule has 5 heteroatoms. The fourth-order valence-corrected chi connectivity index (χ4v) is 3.17. The van der Waals surface area contributed by atoms with Crippen molar-refractivity contribution in [3.05, 3.63) is 77.1 Å². The van der Waals surface area contributed by atoms with E-state index < -0.39 is 0 Å². The number of nitrogens with zero attached hydrogens (tertiary/aromatic N) is 3. The summed E-state index contributed by atoms with van der Waals surface area (Å²) in [7, 11) is 0. The third-order valence-electron chi connectivity index (χ3n) is 4.77. The molecule has 3 aromatic rings. The molecule has 0 fully saturated rings. The Bertz CT molecular complexity index is 983. The first-order valence-electron chi connectivity index (χ1n) is 8.69. The van der Waals surface area contributed by atoms with E-state index in [1.165, 1.54) is 16.7 Å². The number of anilines is 3. The maximum atomic E-state index is 12.9. The predicted octanol–water partition coefficient (Wildman–Crippen LogP) is 4.04. The van der Waals surface area contributed by atoms with E-state index >= 15 is 0 Å². The highest BCUT2D eigenvalue weighted by molar-refractivity contribution is 6.06. The summed E-state index contributed by atoms with van der Waals surface area (Å²) in [4.78, 5) is 23.4. The average molecular weight is 344 g/mol. The Kier molecular flexibility index (Phi) is 4.13. The number of carbonyl (C=O) groups excluding carboxylic acids is 1. The van der Waals surface area contributed by atoms with Gasteiger partial charge < -0.3 is 10.2 Å². The molecule has 0 unspecified atom stereocenters. The second kappa shape index (κ2) is 6.59. The van der Waals surface area contributed by atoms with Crippen LogP contribution in [0.4, 0.5) is 17.3 Å². The van der Waals surface area contributed by atoms with Gasteiger partial charge in [-0.15, -0.1) is 0 Å². The SMILES string of the molecule is Cc1ccc(Nc2nccc(C(=O)N3CCc4ccccc43)n2)cc1C. The van der Waals surface area contributed by atoms with E-state index in [0.717, 1.165) is 17.8 Å². The summed E-state index contributed by atoms with van der Waals surface area (Å²) in [5, 5.41) is 3.18. The van der Waals surface area contributed by atoms with Gasteiger partial charge in [-0.1, -0.05) is 24.3 Å². The zero-order chi connectivity index (χ0) is 18.1. The third kappa shape index (κ3) is 3.04. The van der Waals surface area contributed by atoms with Gasteiger partial charge in [0.05, 0.1) is 0 Å². The molecular formula is C21H20N4O. The quantitative estimate of drug-likeness (QED) is 0.779. The van der Waals surface area contributed by atoms with Crippen LogP contribution in [0.3, 0.4) is 0 Å². The Balaban J connectivity index is 1.58. The lowest BCUT2D eigenvalue weighted by Gasteiger charge is -2.17. The molecule has 0 saturated heterocycles. The van der Waals surface area contributed by atoms with Gasteiger partial charge in [0, 0.05) is 24.1 Å². The smallest absolute Gasteiger partial charge is 0.277 e. The summed E-state index contributed by atoms with van der Waals surface area (Å²) in [6.07, 6.45) is 2.49. The molecule has 0 spiro atoms. The molecule has 4 rings (SSSR count). The van der Waals surface area contributed by atoms with Crippen molar-refractivity contribution in [1.29, 1.82) is 0 Å². The number of hydrogen-bond donors (Lipinski definition) is 1. The standard InChI is InChI=1S/C21H20N4O/c1-14-7-8-17(13-15(14)2)23-21-22-11-9-18(24-21)20(26)25-12-10-16-5-3-4-6-19(16)25/h3-9,11,13H,10,12H2,1-2H3,(H,22,23,24). The minimum Gasteiger partial charge on any atom is -0.324 e. The monoisotopic (exact) mass is 344 g/mol. The molecule has 1 amide bonds. The number of nitrogens with one attached hydrogen (secondary N) is 1. The zero-order valence-corrected chi connectivity index (χ0v) is 14.9. The van der Waals surface area contributed by atoms with Crippen molar-refractivity contribution in [2.24, 2.45) is 0 Å². The van der Waals surface area contributed by atoms with Crippen LogP contribution in [-0.4, -0.2) is 22.4 Å². The first-order valence-corrected chi connectivity index (χ1v) is 8.69. The molecule has 0 radical (unpaired) electrons. The Morgan fingerprint density at radius 1 is 1.08 bits per heavy atom. The topological polar surface area (TPSA) is 58.1 Å². The van der Waals surface area contributed by atoms with E-state index in [0.29, 0.717) is 18.2 Å². The second-order valence-corrected chi connectivity index (χ2v) is 6.53. The van der Waals surface area contributed by atoms with E-state index in [9.17, 15) is 4.79 Å². The van der Waals surface area contributed by atoms with Crippen LogP contribution >= 0.6 is 0 Å². The number of fused-ring (bicyclic) bond motifs is 1. The van der Waals surface area contributed by atoms with Gasteiger partial charge in [-0.25, -0.2) is 9.97 Å². The molecular weight excluding hydrogens is 324 g/mol. The molecule has 1 N–H and O–H groups in total. The molecule has 5 nitrogen and oxygen atoms in total. The third-order valence-corrected chi connectivity index (χ3v) is 4.77. The summed E-state index contributed by atoms with van der Waals surface area (Å²) >= 11 is 0. The molecule has 0 saturated carbocycles. The number of aromatic nitrogens is 2. The molecule has 2 heterocycles. The Morgan fingerprint density at radius 3 is 2.77 bits per heavy atom. The van der Waals surface area contributed by atoms with Crippen molar-refractivity contribution < 1.29 is 4.79 Å². The van der Waals surface area contributed by atoms with Gasteiger partial charge >= 0.3 is 0 Å². The van der Waals surface area contributed by atoms with Crippen LogP contribution in [0.5, 0.6) is 0 Å². The minimum atomic E-state index is -0.0968. The van der Waals surface area contributed by atoms with Gasteiger partial charge in [0.25, 0.3) is 5.91 Å². The largest absolute Gasteiger partial charge is 0.324 e. The molecule has 130 valence electrons. The number of para-hydroxylation sites is 1. The lowest BCUT2D eigenvalue weighted by Crippen LogP contribution is -2.29. The van der Waals surface area contributed by atoms with Crippen LogP contribution in [0.1, 0.15) is 27.2 Å². The Morgan fingerprint density at radius 2 is 1.92 bits per heavy atom. The summed E-state index contributed by atoms with van der Waals surface area (Å²) in [6, 6.07) is 15.7. The number of rotatable bonds is 3. The molecule has 1 aliphatic rings. The van der Waals surface area contributed by atoms with Gasteiger partial charge in [-0.05, 0) is 61.2 Å². The van der Waals surface area contributed by atoms with Crippen LogP contribution in [0.2, 0.25) is 0 Å². The molecule has 2 aromatic carbocycles. The van der Waals surface area contributed by atoms with E-state index in [4.69, 9.17) is 0 Å². The Hall–Kier alpha value is -3.21. The Labute approximate surface area is 152 Å². The van der Waals surface area contributed by atoms with Gasteiger partial charge in [-0.3, -0.25) is 4.79 Å². The average Bonchev–Trinajstić information content (AvgIpc) is 3.08. The zero-order valence-electron chi connectivity index (χ0n) is 14.9. The number of aryl methyl sites for hydroxylation is 2. The summed E-state index contributed by atoms with van der Waals surface area (Å²) < 4.78 is 0. The number of amides is 1. The molecule has 1 aliphatic heterocycles. The number of carbonyl (C=O) groups is 1. The van der Waals surface area contributed by atoms with E-state index in [-0.39, 0.29) is 5.91 Å². The van der Waals surface area contributed by atoms with Gasteiger partial charge in [0.2, 0.25) is 5.95 Å². The van der Waals surface area contributed by atoms with Crippen LogP contribution in [-0.2, 0) is 6.42 Å². The summed E-state index contributed by atoms with van der Waals surface area (Å²) in [5.41, 5.74) is 5.89. The van der Waals surface area contributed by atoms with E-state index in [2.05, 4.69) is 35.2 Å². The summed E-state index contributed by atoms with van der Waals surface area (Å²) in [5.74, 6) is 0.326. The highest BCUT2D eigenvalue weighted by atomic mass is 16.2. The van der Waals surface area contributed by atoms with Crippen molar-refractivity contribution in [2.45, 2.75) is 20.3 Å². The summed E-state index contributed by atoms with van der Waals surface area (Å²) in [6.45, 7) is 4.82. The highest BCUT2D eigenvalue weighted by Gasteiger charge is 2.26. The lowest BCUT2D eigenvalue weighted by atomic mass is 10.1. The molecule has 0 aliphatic carbocycles. The van der Waals surface area contributed by atoms with Crippen LogP contribution in [0.25, 0.3) is 0 Å². The molecule has 26 heavy (non-hydrogen) atoms. The molecule has 0 atom stereocenters.